The minimum atomic E-state index is -4.46. The van der Waals surface area contributed by atoms with Crippen LogP contribution in [0.5, 0.6) is 0 Å². The maximum absolute atomic E-state index is 13.0. The average molecular weight is 374 g/mol. The quantitative estimate of drug-likeness (QED) is 0.767. The van der Waals surface area contributed by atoms with Crippen molar-refractivity contribution in [1.29, 1.82) is 0 Å². The van der Waals surface area contributed by atoms with Crippen LogP contribution in [0.1, 0.15) is 44.7 Å². The number of nitrogens with zero attached hydrogens (tertiary/aromatic N) is 1. The molecule has 0 saturated heterocycles. The molecule has 5 nitrogen and oxygen atoms in total. The Labute approximate surface area is 151 Å². The van der Waals surface area contributed by atoms with Crippen molar-refractivity contribution in [2.24, 2.45) is 0 Å². The zero-order valence-corrected chi connectivity index (χ0v) is 15.4. The minimum absolute atomic E-state index is 0.0442. The monoisotopic (exact) mass is 374 g/mol. The predicted octanol–water partition coefficient (Wildman–Crippen LogP) is 3.97. The minimum Gasteiger partial charge on any atom is -0.444 e. The number of rotatable bonds is 6. The first-order chi connectivity index (χ1) is 11.9. The number of hydrogen-bond acceptors (Lipinski definition) is 3. The van der Waals surface area contributed by atoms with E-state index in [9.17, 15) is 22.8 Å². The summed E-state index contributed by atoms with van der Waals surface area (Å²) in [5.41, 5.74) is -1.31. The molecule has 0 saturated carbocycles. The Kier molecular flexibility index (Phi) is 7.47. The molecule has 0 aliphatic heterocycles. The van der Waals surface area contributed by atoms with Crippen LogP contribution in [0.2, 0.25) is 0 Å². The van der Waals surface area contributed by atoms with Crippen LogP contribution in [0.4, 0.5) is 18.0 Å². The molecule has 1 aromatic carbocycles. The summed E-state index contributed by atoms with van der Waals surface area (Å²) in [5.74, 6) is -0.298. The molecular formula is C18H25F3N2O3. The summed E-state index contributed by atoms with van der Waals surface area (Å²) in [6.45, 7) is 5.33. The first-order valence-electron chi connectivity index (χ1n) is 8.26. The predicted molar refractivity (Wildman–Crippen MR) is 91.4 cm³/mol. The van der Waals surface area contributed by atoms with E-state index in [2.05, 4.69) is 5.32 Å². The van der Waals surface area contributed by atoms with Crippen LogP contribution < -0.4 is 5.32 Å². The lowest BCUT2D eigenvalue weighted by atomic mass is 10.1. The van der Waals surface area contributed by atoms with Gasteiger partial charge in [0, 0.05) is 26.6 Å². The van der Waals surface area contributed by atoms with E-state index < -0.39 is 23.4 Å². The molecule has 0 aliphatic carbocycles. The molecule has 2 amide bonds. The first kappa shape index (κ1) is 21.8. The van der Waals surface area contributed by atoms with Crippen molar-refractivity contribution in [1.82, 2.24) is 10.2 Å². The molecule has 0 fully saturated rings. The Bertz CT molecular complexity index is 625. The summed E-state index contributed by atoms with van der Waals surface area (Å²) < 4.78 is 44.0. The van der Waals surface area contributed by atoms with Gasteiger partial charge in [-0.2, -0.15) is 13.2 Å². The van der Waals surface area contributed by atoms with Crippen molar-refractivity contribution >= 4 is 12.0 Å². The molecule has 1 N–H and O–H groups in total. The molecule has 8 heteroatoms. The molecule has 0 aromatic heterocycles. The van der Waals surface area contributed by atoms with Crippen molar-refractivity contribution < 1.29 is 27.5 Å². The molecular weight excluding hydrogens is 349 g/mol. The molecule has 0 unspecified atom stereocenters. The highest BCUT2D eigenvalue weighted by Gasteiger charge is 2.33. The van der Waals surface area contributed by atoms with Crippen LogP contribution in [0.25, 0.3) is 0 Å². The van der Waals surface area contributed by atoms with Crippen molar-refractivity contribution in [3.63, 3.8) is 0 Å². The highest BCUT2D eigenvalue weighted by Crippen LogP contribution is 2.32. The van der Waals surface area contributed by atoms with Crippen LogP contribution >= 0.6 is 0 Å². The molecule has 0 radical (unpaired) electrons. The van der Waals surface area contributed by atoms with Gasteiger partial charge in [0.15, 0.2) is 0 Å². The Balaban J connectivity index is 2.46. The lowest BCUT2D eigenvalue weighted by Crippen LogP contribution is -2.33. The SMILES string of the molecule is CN(Cc1ccccc1C(F)(F)F)C(=O)CCCNC(=O)OC(C)(C)C. The Morgan fingerprint density at radius 3 is 2.35 bits per heavy atom. The topological polar surface area (TPSA) is 58.6 Å². The number of benzene rings is 1. The molecule has 1 rings (SSSR count). The first-order valence-corrected chi connectivity index (χ1v) is 8.26. The third-order valence-corrected chi connectivity index (χ3v) is 3.39. The van der Waals surface area contributed by atoms with E-state index in [-0.39, 0.29) is 31.0 Å². The van der Waals surface area contributed by atoms with Gasteiger partial charge in [0.2, 0.25) is 5.91 Å². The maximum atomic E-state index is 13.0. The van der Waals surface area contributed by atoms with Gasteiger partial charge >= 0.3 is 12.3 Å². The fourth-order valence-electron chi connectivity index (χ4n) is 2.21. The molecule has 0 atom stereocenters. The van der Waals surface area contributed by atoms with Gasteiger partial charge in [-0.3, -0.25) is 4.79 Å². The van der Waals surface area contributed by atoms with Gasteiger partial charge in [-0.1, -0.05) is 18.2 Å². The Hall–Kier alpha value is -2.25. The standard InChI is InChI=1S/C18H25F3N2O3/c1-17(2,3)26-16(25)22-11-7-10-15(24)23(4)12-13-8-5-6-9-14(13)18(19,20)21/h5-6,8-9H,7,10-12H2,1-4H3,(H,22,25). The van der Waals surface area contributed by atoms with Gasteiger partial charge < -0.3 is 15.0 Å². The van der Waals surface area contributed by atoms with E-state index >= 15 is 0 Å². The number of hydrogen-bond donors (Lipinski definition) is 1. The zero-order chi connectivity index (χ0) is 20.0. The number of alkyl carbamates (subject to hydrolysis) is 1. The molecule has 0 aliphatic rings. The number of nitrogens with one attached hydrogen (secondary N) is 1. The number of alkyl halides is 3. The van der Waals surface area contributed by atoms with Crippen LogP contribution in [-0.4, -0.2) is 36.1 Å². The van der Waals surface area contributed by atoms with Crippen LogP contribution in [0, 0.1) is 0 Å². The summed E-state index contributed by atoms with van der Waals surface area (Å²) in [7, 11) is 1.46. The number of ether oxygens (including phenoxy) is 1. The van der Waals surface area contributed by atoms with Gasteiger partial charge in [-0.05, 0) is 38.8 Å². The van der Waals surface area contributed by atoms with Crippen molar-refractivity contribution in [2.75, 3.05) is 13.6 Å². The van der Waals surface area contributed by atoms with E-state index in [0.717, 1.165) is 6.07 Å². The summed E-state index contributed by atoms with van der Waals surface area (Å²) in [5, 5.41) is 2.53. The second-order valence-electron chi connectivity index (χ2n) is 6.94. The lowest BCUT2D eigenvalue weighted by molar-refractivity contribution is -0.139. The Morgan fingerprint density at radius 1 is 1.15 bits per heavy atom. The zero-order valence-electron chi connectivity index (χ0n) is 15.4. The van der Waals surface area contributed by atoms with Gasteiger partial charge in [0.05, 0.1) is 5.56 Å². The average Bonchev–Trinajstić information content (AvgIpc) is 2.49. The van der Waals surface area contributed by atoms with E-state index in [4.69, 9.17) is 4.74 Å². The van der Waals surface area contributed by atoms with E-state index in [1.54, 1.807) is 20.8 Å². The molecule has 1 aromatic rings. The van der Waals surface area contributed by atoms with Crippen LogP contribution in [0.3, 0.4) is 0 Å². The van der Waals surface area contributed by atoms with Crippen LogP contribution in [0.15, 0.2) is 24.3 Å². The van der Waals surface area contributed by atoms with E-state index in [1.807, 2.05) is 0 Å². The van der Waals surface area contributed by atoms with Gasteiger partial charge in [-0.15, -0.1) is 0 Å². The number of carbonyl (C=O) groups is 2. The van der Waals surface area contributed by atoms with Crippen LogP contribution in [-0.2, 0) is 22.3 Å². The fourth-order valence-corrected chi connectivity index (χ4v) is 2.21. The summed E-state index contributed by atoms with van der Waals surface area (Å²) in [6.07, 6.45) is -4.56. The Morgan fingerprint density at radius 2 is 1.77 bits per heavy atom. The molecule has 146 valence electrons. The molecule has 0 spiro atoms. The third kappa shape index (κ3) is 7.76. The largest absolute Gasteiger partial charge is 0.444 e. The highest BCUT2D eigenvalue weighted by molar-refractivity contribution is 5.76. The normalized spacial score (nSPS) is 11.8. The second kappa shape index (κ2) is 8.91. The van der Waals surface area contributed by atoms with Gasteiger partial charge in [0.1, 0.15) is 5.60 Å². The van der Waals surface area contributed by atoms with Crippen molar-refractivity contribution in [2.45, 2.75) is 51.9 Å². The second-order valence-corrected chi connectivity index (χ2v) is 6.94. The number of amides is 2. The highest BCUT2D eigenvalue weighted by atomic mass is 19.4. The fraction of sp³-hybridized carbons (Fsp3) is 0.556. The smallest absolute Gasteiger partial charge is 0.416 e. The van der Waals surface area contributed by atoms with Gasteiger partial charge in [0.25, 0.3) is 0 Å². The summed E-state index contributed by atoms with van der Waals surface area (Å²) in [6, 6.07) is 5.18. The van der Waals surface area contributed by atoms with Gasteiger partial charge in [-0.25, -0.2) is 4.79 Å². The molecule has 0 bridgehead atoms. The van der Waals surface area contributed by atoms with Crippen molar-refractivity contribution in [3.8, 4) is 0 Å². The summed E-state index contributed by atoms with van der Waals surface area (Å²) in [4.78, 5) is 24.8. The van der Waals surface area contributed by atoms with E-state index in [0.29, 0.717) is 6.42 Å². The van der Waals surface area contributed by atoms with Crippen molar-refractivity contribution in [3.05, 3.63) is 35.4 Å². The lowest BCUT2D eigenvalue weighted by Gasteiger charge is -2.21. The third-order valence-electron chi connectivity index (χ3n) is 3.39. The maximum Gasteiger partial charge on any atom is 0.416 e. The van der Waals surface area contributed by atoms with E-state index in [1.165, 1.54) is 30.1 Å². The number of carbonyl (C=O) groups excluding carboxylic acids is 2. The molecule has 0 heterocycles. The molecule has 26 heavy (non-hydrogen) atoms. The summed E-state index contributed by atoms with van der Waals surface area (Å²) >= 11 is 0. The number of halogens is 3.